The van der Waals surface area contributed by atoms with Gasteiger partial charge in [-0.15, -0.1) is 0 Å². The minimum absolute atomic E-state index is 0.0540. The van der Waals surface area contributed by atoms with Crippen LogP contribution in [0.2, 0.25) is 5.02 Å². The molecular weight excluding hydrogens is 368 g/mol. The normalized spacial score (nSPS) is 10.4. The molecule has 0 aliphatic heterocycles. The number of rotatable bonds is 6. The molecule has 0 aromatic heterocycles. The van der Waals surface area contributed by atoms with Gasteiger partial charge in [0.1, 0.15) is 5.75 Å². The number of amides is 3. The lowest BCUT2D eigenvalue weighted by Crippen LogP contribution is -2.34. The van der Waals surface area contributed by atoms with Crippen molar-refractivity contribution in [1.82, 2.24) is 10.6 Å². The quantitative estimate of drug-likeness (QED) is 0.567. The Hall–Kier alpha value is -2.93. The predicted molar refractivity (Wildman–Crippen MR) is 107 cm³/mol. The van der Waals surface area contributed by atoms with Gasteiger partial charge in [-0.2, -0.15) is 0 Å². The van der Waals surface area contributed by atoms with Crippen molar-refractivity contribution in [2.24, 2.45) is 0 Å². The first-order chi connectivity index (χ1) is 12.8. The average Bonchev–Trinajstić information content (AvgIpc) is 2.62. The number of anilines is 2. The molecule has 3 amide bonds. The number of benzene rings is 2. The molecule has 2 rings (SSSR count). The predicted octanol–water partition coefficient (Wildman–Crippen LogP) is 3.39. The Morgan fingerprint density at radius 3 is 2.44 bits per heavy atom. The summed E-state index contributed by atoms with van der Waals surface area (Å²) >= 11 is 5.99. The summed E-state index contributed by atoms with van der Waals surface area (Å²) in [5, 5.41) is 8.58. The van der Waals surface area contributed by atoms with E-state index in [1.165, 1.54) is 19.2 Å². The van der Waals surface area contributed by atoms with Gasteiger partial charge in [-0.25, -0.2) is 4.79 Å². The molecule has 0 heterocycles. The highest BCUT2D eigenvalue weighted by atomic mass is 35.5. The van der Waals surface area contributed by atoms with Crippen LogP contribution < -0.4 is 26.4 Å². The van der Waals surface area contributed by atoms with Crippen molar-refractivity contribution in [2.45, 2.75) is 26.4 Å². The Labute approximate surface area is 163 Å². The van der Waals surface area contributed by atoms with Gasteiger partial charge in [-0.05, 0) is 37.6 Å². The fourth-order valence-corrected chi connectivity index (χ4v) is 2.49. The molecule has 8 heteroatoms. The molecule has 0 bridgehead atoms. The smallest absolute Gasteiger partial charge is 0.319 e. The number of carbonyl (C=O) groups excluding carboxylic acids is 2. The van der Waals surface area contributed by atoms with Gasteiger partial charge in [0.25, 0.3) is 5.91 Å². The topological polar surface area (TPSA) is 105 Å². The highest BCUT2D eigenvalue weighted by Gasteiger charge is 2.15. The summed E-state index contributed by atoms with van der Waals surface area (Å²) in [5.74, 6) is 0.0253. The summed E-state index contributed by atoms with van der Waals surface area (Å²) < 4.78 is 5.19. The highest BCUT2D eigenvalue weighted by Crippen LogP contribution is 2.28. The molecule has 0 radical (unpaired) electrons. The molecule has 0 spiro atoms. The standard InChI is InChI=1S/C19H23ClN4O3/c1-11(2)23-19(26)24-13-6-4-12(5-7-13)10-22-18(25)14-8-15(20)16(21)9-17(14)27-3/h4-9,11H,10,21H2,1-3H3,(H,22,25)(H2,23,24,26). The van der Waals surface area contributed by atoms with Crippen molar-refractivity contribution in [3.63, 3.8) is 0 Å². The maximum atomic E-state index is 12.4. The van der Waals surface area contributed by atoms with Crippen LogP contribution in [0, 0.1) is 0 Å². The highest BCUT2D eigenvalue weighted by molar-refractivity contribution is 6.33. The molecular formula is C19H23ClN4O3. The number of nitrogens with one attached hydrogen (secondary N) is 3. The Kier molecular flexibility index (Phi) is 6.90. The first-order valence-corrected chi connectivity index (χ1v) is 8.75. The van der Waals surface area contributed by atoms with E-state index in [2.05, 4.69) is 16.0 Å². The minimum Gasteiger partial charge on any atom is -0.496 e. The van der Waals surface area contributed by atoms with E-state index in [1.807, 2.05) is 26.0 Å². The van der Waals surface area contributed by atoms with Crippen LogP contribution in [-0.4, -0.2) is 25.1 Å². The van der Waals surface area contributed by atoms with E-state index in [9.17, 15) is 9.59 Å². The largest absolute Gasteiger partial charge is 0.496 e. The SMILES string of the molecule is COc1cc(N)c(Cl)cc1C(=O)NCc1ccc(NC(=O)NC(C)C)cc1. The first-order valence-electron chi connectivity index (χ1n) is 8.37. The van der Waals surface area contributed by atoms with E-state index in [0.717, 1.165) is 5.56 Å². The maximum Gasteiger partial charge on any atom is 0.319 e. The Balaban J connectivity index is 1.98. The third kappa shape index (κ3) is 5.79. The molecule has 27 heavy (non-hydrogen) atoms. The molecule has 5 N–H and O–H groups in total. The van der Waals surface area contributed by atoms with Crippen LogP contribution >= 0.6 is 11.6 Å². The van der Waals surface area contributed by atoms with Crippen LogP contribution in [0.3, 0.4) is 0 Å². The summed E-state index contributed by atoms with van der Waals surface area (Å²) in [6, 6.07) is 9.95. The van der Waals surface area contributed by atoms with Gasteiger partial charge in [0, 0.05) is 24.3 Å². The van der Waals surface area contributed by atoms with E-state index in [4.69, 9.17) is 22.1 Å². The number of nitrogens with two attached hydrogens (primary N) is 1. The van der Waals surface area contributed by atoms with E-state index in [-0.39, 0.29) is 23.0 Å². The summed E-state index contributed by atoms with van der Waals surface area (Å²) in [6.45, 7) is 4.08. The van der Waals surface area contributed by atoms with Crippen LogP contribution in [0.5, 0.6) is 5.75 Å². The lowest BCUT2D eigenvalue weighted by Gasteiger charge is -2.12. The number of halogens is 1. The van der Waals surface area contributed by atoms with Crippen molar-refractivity contribution >= 4 is 34.9 Å². The van der Waals surface area contributed by atoms with Gasteiger partial charge in [-0.3, -0.25) is 4.79 Å². The maximum absolute atomic E-state index is 12.4. The fourth-order valence-electron chi connectivity index (χ4n) is 2.33. The van der Waals surface area contributed by atoms with Crippen molar-refractivity contribution in [3.05, 3.63) is 52.5 Å². The third-order valence-electron chi connectivity index (χ3n) is 3.65. The number of urea groups is 1. The van der Waals surface area contributed by atoms with Gasteiger partial charge in [-0.1, -0.05) is 23.7 Å². The van der Waals surface area contributed by atoms with Gasteiger partial charge in [0.05, 0.1) is 23.4 Å². The van der Waals surface area contributed by atoms with E-state index in [0.29, 0.717) is 29.2 Å². The van der Waals surface area contributed by atoms with Gasteiger partial charge in [0.15, 0.2) is 0 Å². The van der Waals surface area contributed by atoms with Crippen molar-refractivity contribution in [1.29, 1.82) is 0 Å². The van der Waals surface area contributed by atoms with Crippen LogP contribution in [-0.2, 0) is 6.54 Å². The summed E-state index contributed by atoms with van der Waals surface area (Å²) in [4.78, 5) is 24.1. The van der Waals surface area contributed by atoms with Crippen molar-refractivity contribution in [3.8, 4) is 5.75 Å². The molecule has 2 aromatic rings. The number of hydrogen-bond donors (Lipinski definition) is 4. The number of nitrogen functional groups attached to an aromatic ring is 1. The molecule has 0 saturated carbocycles. The molecule has 7 nitrogen and oxygen atoms in total. The Bertz CT molecular complexity index is 822. The molecule has 0 aliphatic carbocycles. The number of carbonyl (C=O) groups is 2. The zero-order valence-corrected chi connectivity index (χ0v) is 16.2. The first kappa shape index (κ1) is 20.4. The van der Waals surface area contributed by atoms with Crippen LogP contribution in [0.1, 0.15) is 29.8 Å². The molecule has 0 fully saturated rings. The van der Waals surface area contributed by atoms with Crippen molar-refractivity contribution < 1.29 is 14.3 Å². The van der Waals surface area contributed by atoms with E-state index in [1.54, 1.807) is 12.1 Å². The zero-order chi connectivity index (χ0) is 20.0. The van der Waals surface area contributed by atoms with Crippen LogP contribution in [0.25, 0.3) is 0 Å². The number of hydrogen-bond acceptors (Lipinski definition) is 4. The van der Waals surface area contributed by atoms with Gasteiger partial charge >= 0.3 is 6.03 Å². The van der Waals surface area contributed by atoms with E-state index < -0.39 is 0 Å². The lowest BCUT2D eigenvalue weighted by atomic mass is 10.1. The second-order valence-corrected chi connectivity index (χ2v) is 6.61. The second kappa shape index (κ2) is 9.14. The monoisotopic (exact) mass is 390 g/mol. The molecule has 2 aromatic carbocycles. The lowest BCUT2D eigenvalue weighted by molar-refractivity contribution is 0.0948. The molecule has 0 atom stereocenters. The second-order valence-electron chi connectivity index (χ2n) is 6.21. The Morgan fingerprint density at radius 2 is 1.85 bits per heavy atom. The van der Waals surface area contributed by atoms with E-state index >= 15 is 0 Å². The molecule has 0 unspecified atom stereocenters. The zero-order valence-electron chi connectivity index (χ0n) is 15.4. The molecule has 0 aliphatic rings. The molecule has 0 saturated heterocycles. The van der Waals surface area contributed by atoms with Crippen LogP contribution in [0.4, 0.5) is 16.2 Å². The number of methoxy groups -OCH3 is 1. The van der Waals surface area contributed by atoms with Gasteiger partial charge < -0.3 is 26.4 Å². The molecule has 144 valence electrons. The number of ether oxygens (including phenoxy) is 1. The Morgan fingerprint density at radius 1 is 1.19 bits per heavy atom. The summed E-state index contributed by atoms with van der Waals surface area (Å²) in [5.41, 5.74) is 7.91. The average molecular weight is 391 g/mol. The summed E-state index contributed by atoms with van der Waals surface area (Å²) in [7, 11) is 1.46. The summed E-state index contributed by atoms with van der Waals surface area (Å²) in [6.07, 6.45) is 0. The minimum atomic E-state index is -0.327. The fraction of sp³-hybridized carbons (Fsp3) is 0.263. The van der Waals surface area contributed by atoms with Crippen molar-refractivity contribution in [2.75, 3.05) is 18.2 Å². The van der Waals surface area contributed by atoms with Gasteiger partial charge in [0.2, 0.25) is 0 Å². The third-order valence-corrected chi connectivity index (χ3v) is 3.98. The van der Waals surface area contributed by atoms with Crippen LogP contribution in [0.15, 0.2) is 36.4 Å².